The quantitative estimate of drug-likeness (QED) is 0.252. The van der Waals surface area contributed by atoms with Crippen LogP contribution in [-0.4, -0.2) is 47.3 Å². The first-order chi connectivity index (χ1) is 20.8. The number of ketones is 1. The predicted molar refractivity (Wildman–Crippen MR) is 163 cm³/mol. The molecule has 1 amide bonds. The molecule has 0 fully saturated rings. The molecule has 0 bridgehead atoms. The van der Waals surface area contributed by atoms with E-state index in [-0.39, 0.29) is 28.8 Å². The third-order valence-corrected chi connectivity index (χ3v) is 8.98. The number of rotatable bonds is 9. The number of nitrogens with one attached hydrogen (secondary N) is 1. The number of carbonyl (C=O) groups is 3. The van der Waals surface area contributed by atoms with E-state index in [9.17, 15) is 19.6 Å². The van der Waals surface area contributed by atoms with Crippen molar-refractivity contribution in [3.8, 4) is 11.8 Å². The lowest BCUT2D eigenvalue weighted by atomic mass is 9.76. The molecule has 3 N–H and O–H groups in total. The van der Waals surface area contributed by atoms with E-state index in [1.807, 2.05) is 31.2 Å². The number of hydrogen-bond acceptors (Lipinski definition) is 12. The molecule has 43 heavy (non-hydrogen) atoms. The summed E-state index contributed by atoms with van der Waals surface area (Å²) in [5.74, 6) is -0.374. The fraction of sp³-hybridized carbons (Fsp3) is 0.267. The largest absolute Gasteiger partial charge is 0.494 e. The summed E-state index contributed by atoms with van der Waals surface area (Å²) in [6.07, 6.45) is 1.63. The summed E-state index contributed by atoms with van der Waals surface area (Å²) in [6, 6.07) is 16.0. The summed E-state index contributed by atoms with van der Waals surface area (Å²) in [6.45, 7) is 2.43. The number of benzene rings is 2. The molecule has 2 aromatic carbocycles. The molecule has 5 rings (SSSR count). The molecule has 1 aromatic heterocycles. The van der Waals surface area contributed by atoms with Gasteiger partial charge in [-0.1, -0.05) is 35.2 Å². The van der Waals surface area contributed by atoms with Crippen LogP contribution < -0.4 is 20.7 Å². The highest BCUT2D eigenvalue weighted by Gasteiger charge is 2.41. The summed E-state index contributed by atoms with van der Waals surface area (Å²) in [5.41, 5.74) is 9.85. The minimum Gasteiger partial charge on any atom is -0.494 e. The minimum atomic E-state index is -0.591. The van der Waals surface area contributed by atoms with Crippen LogP contribution in [0.4, 0.5) is 10.8 Å². The number of nitriles is 1. The molecule has 2 aliphatic rings. The molecule has 0 spiro atoms. The Morgan fingerprint density at radius 3 is 2.58 bits per heavy atom. The highest BCUT2D eigenvalue weighted by atomic mass is 32.2. The zero-order chi connectivity index (χ0) is 30.5. The fourth-order valence-corrected chi connectivity index (χ4v) is 6.73. The number of aromatic nitrogens is 2. The van der Waals surface area contributed by atoms with Gasteiger partial charge in [0.05, 0.1) is 42.6 Å². The number of amides is 1. The van der Waals surface area contributed by atoms with Crippen LogP contribution in [-0.2, 0) is 14.3 Å². The monoisotopic (exact) mass is 616 g/mol. The van der Waals surface area contributed by atoms with Crippen molar-refractivity contribution in [2.75, 3.05) is 29.7 Å². The minimum absolute atomic E-state index is 0.0270. The van der Waals surface area contributed by atoms with Gasteiger partial charge in [0.25, 0.3) is 0 Å². The molecular weight excluding hydrogens is 589 g/mol. The van der Waals surface area contributed by atoms with Crippen molar-refractivity contribution in [2.45, 2.75) is 36.4 Å². The van der Waals surface area contributed by atoms with Gasteiger partial charge in [0.15, 0.2) is 10.1 Å². The Balaban J connectivity index is 1.35. The Morgan fingerprint density at radius 1 is 1.16 bits per heavy atom. The van der Waals surface area contributed by atoms with E-state index < -0.39 is 11.9 Å². The van der Waals surface area contributed by atoms with Crippen LogP contribution in [0.15, 0.2) is 75.5 Å². The highest BCUT2D eigenvalue weighted by molar-refractivity contribution is 8.01. The SMILES string of the molecule is CCOc1ccc(C2C(C#N)=C(N)N(c3nnc(SCC(=O)Nc4ccc(C(=O)OC)cc4)s3)C3=C2C(=O)CCC3)cc1. The molecule has 11 nitrogen and oxygen atoms in total. The van der Waals surface area contributed by atoms with Crippen molar-refractivity contribution in [1.29, 1.82) is 5.26 Å². The lowest BCUT2D eigenvalue weighted by molar-refractivity contribution is -0.116. The van der Waals surface area contributed by atoms with E-state index in [1.54, 1.807) is 29.2 Å². The number of allylic oxidation sites excluding steroid dienone is 3. The number of nitrogens with zero attached hydrogens (tertiary/aromatic N) is 4. The van der Waals surface area contributed by atoms with Crippen molar-refractivity contribution < 1.29 is 23.9 Å². The maximum atomic E-state index is 13.3. The van der Waals surface area contributed by atoms with Gasteiger partial charge in [0.2, 0.25) is 11.0 Å². The molecular formula is C30H28N6O5S2. The average molecular weight is 617 g/mol. The van der Waals surface area contributed by atoms with Gasteiger partial charge in [-0.15, -0.1) is 10.2 Å². The molecule has 220 valence electrons. The van der Waals surface area contributed by atoms with Gasteiger partial charge in [0.1, 0.15) is 11.6 Å². The van der Waals surface area contributed by atoms with Crippen LogP contribution >= 0.6 is 23.1 Å². The van der Waals surface area contributed by atoms with E-state index in [4.69, 9.17) is 10.5 Å². The van der Waals surface area contributed by atoms with Crippen molar-refractivity contribution in [2.24, 2.45) is 5.73 Å². The summed E-state index contributed by atoms with van der Waals surface area (Å²) >= 11 is 2.42. The maximum Gasteiger partial charge on any atom is 0.337 e. The van der Waals surface area contributed by atoms with Gasteiger partial charge in [0, 0.05) is 23.4 Å². The van der Waals surface area contributed by atoms with Gasteiger partial charge >= 0.3 is 5.97 Å². The topological polar surface area (TPSA) is 161 Å². The van der Waals surface area contributed by atoms with Gasteiger partial charge in [-0.2, -0.15) is 5.26 Å². The Morgan fingerprint density at radius 2 is 1.91 bits per heavy atom. The molecule has 3 aromatic rings. The van der Waals surface area contributed by atoms with Gasteiger partial charge in [-0.25, -0.2) is 4.79 Å². The zero-order valence-electron chi connectivity index (χ0n) is 23.5. The Bertz CT molecular complexity index is 1660. The van der Waals surface area contributed by atoms with E-state index in [0.29, 0.717) is 63.6 Å². The number of methoxy groups -OCH3 is 1. The second-order valence-electron chi connectivity index (χ2n) is 9.57. The molecule has 2 heterocycles. The summed E-state index contributed by atoms with van der Waals surface area (Å²) in [4.78, 5) is 39.2. The number of carbonyl (C=O) groups excluding carboxylic acids is 3. The van der Waals surface area contributed by atoms with Crippen molar-refractivity contribution in [3.63, 3.8) is 0 Å². The average Bonchev–Trinajstić information content (AvgIpc) is 3.48. The number of anilines is 2. The number of esters is 1. The van der Waals surface area contributed by atoms with Crippen LogP contribution in [0.3, 0.4) is 0 Å². The maximum absolute atomic E-state index is 13.3. The Labute approximate surface area is 256 Å². The molecule has 13 heteroatoms. The summed E-state index contributed by atoms with van der Waals surface area (Å²) in [5, 5.41) is 22.0. The van der Waals surface area contributed by atoms with E-state index in [2.05, 4.69) is 26.3 Å². The lowest BCUT2D eigenvalue weighted by Crippen LogP contribution is -2.38. The normalized spacial score (nSPS) is 16.4. The number of hydrogen-bond donors (Lipinski definition) is 2. The summed E-state index contributed by atoms with van der Waals surface area (Å²) < 4.78 is 10.8. The molecule has 0 saturated heterocycles. The van der Waals surface area contributed by atoms with E-state index >= 15 is 0 Å². The Hall–Kier alpha value is -4.67. The third kappa shape index (κ3) is 6.25. The fourth-order valence-electron chi connectivity index (χ4n) is 5.04. The highest BCUT2D eigenvalue weighted by Crippen LogP contribution is 2.47. The standard InChI is InChI=1S/C30H28N6O5S2/c1-3-41-20-13-9-17(10-14-20)25-21(15-31)27(32)36(22-5-4-6-23(37)26(22)25)29-34-35-30(43-29)42-16-24(38)33-19-11-7-18(8-12-19)28(39)40-2/h7-14,25H,3-6,16,32H2,1-2H3,(H,33,38). The number of ether oxygens (including phenoxy) is 2. The van der Waals surface area contributed by atoms with Crippen LogP contribution in [0.5, 0.6) is 5.75 Å². The van der Waals surface area contributed by atoms with Crippen LogP contribution in [0.25, 0.3) is 0 Å². The van der Waals surface area contributed by atoms with Gasteiger partial charge < -0.3 is 20.5 Å². The summed E-state index contributed by atoms with van der Waals surface area (Å²) in [7, 11) is 1.30. The van der Waals surface area contributed by atoms with E-state index in [1.165, 1.54) is 30.2 Å². The van der Waals surface area contributed by atoms with Crippen LogP contribution in [0, 0.1) is 11.3 Å². The van der Waals surface area contributed by atoms with Crippen molar-refractivity contribution in [1.82, 2.24) is 10.2 Å². The molecule has 1 aliphatic heterocycles. The molecule has 1 aliphatic carbocycles. The van der Waals surface area contributed by atoms with Crippen LogP contribution in [0.2, 0.25) is 0 Å². The van der Waals surface area contributed by atoms with Crippen molar-refractivity contribution >= 4 is 51.6 Å². The van der Waals surface area contributed by atoms with Gasteiger partial charge in [-0.3, -0.25) is 14.5 Å². The zero-order valence-corrected chi connectivity index (χ0v) is 25.1. The number of thioether (sulfide) groups is 1. The Kier molecular flexibility index (Phi) is 9.08. The first-order valence-electron chi connectivity index (χ1n) is 13.5. The van der Waals surface area contributed by atoms with Crippen molar-refractivity contribution in [3.05, 3.63) is 82.3 Å². The van der Waals surface area contributed by atoms with Crippen LogP contribution in [0.1, 0.15) is 48.0 Å². The number of Topliss-reactive ketones (excluding diaryl/α,β-unsaturated/α-hetero) is 1. The third-order valence-electron chi connectivity index (χ3n) is 6.94. The molecule has 1 unspecified atom stereocenters. The first-order valence-corrected chi connectivity index (χ1v) is 15.3. The van der Waals surface area contributed by atoms with E-state index in [0.717, 1.165) is 5.56 Å². The first kappa shape index (κ1) is 29.8. The smallest absolute Gasteiger partial charge is 0.337 e. The van der Waals surface area contributed by atoms with Gasteiger partial charge in [-0.05, 0) is 61.7 Å². The lowest BCUT2D eigenvalue weighted by Gasteiger charge is -2.38. The second-order valence-corrected chi connectivity index (χ2v) is 11.8. The second kappa shape index (κ2) is 13.1. The number of nitrogens with two attached hydrogens (primary N) is 1. The molecule has 1 atom stereocenters. The predicted octanol–water partition coefficient (Wildman–Crippen LogP) is 4.76. The molecule has 0 saturated carbocycles. The molecule has 0 radical (unpaired) electrons.